The van der Waals surface area contributed by atoms with Gasteiger partial charge in [0, 0.05) is 0 Å². The van der Waals surface area contributed by atoms with E-state index in [1.807, 2.05) is 0 Å². The van der Waals surface area contributed by atoms with Crippen molar-refractivity contribution in [2.24, 2.45) is 0 Å². The number of hydrogen-bond donors (Lipinski definition) is 3. The molecule has 0 saturated carbocycles. The van der Waals surface area contributed by atoms with Crippen molar-refractivity contribution in [1.82, 2.24) is 10.2 Å². The first-order valence-corrected chi connectivity index (χ1v) is 4.50. The number of nitrogens with zero attached hydrogens (tertiary/aromatic N) is 1. The molecule has 15 heavy (non-hydrogen) atoms. The minimum Gasteiger partial charge on any atom is -0.507 e. The number of phenols is 1. The Bertz CT molecular complexity index is 518. The Kier molecular flexibility index (Phi) is 2.07. The van der Waals surface area contributed by atoms with E-state index in [-0.39, 0.29) is 5.75 Å². The summed E-state index contributed by atoms with van der Waals surface area (Å²) in [5.74, 6) is -1.63. The first-order chi connectivity index (χ1) is 7.11. The molecule has 2 aromatic rings. The van der Waals surface area contributed by atoms with E-state index in [4.69, 9.17) is 5.11 Å². The number of carboxylic acid groups (broad SMARTS) is 1. The average molecular weight is 206 g/mol. The number of rotatable bonds is 2. The summed E-state index contributed by atoms with van der Waals surface area (Å²) in [6.07, 6.45) is 0. The fourth-order valence-electron chi connectivity index (χ4n) is 1.51. The van der Waals surface area contributed by atoms with Gasteiger partial charge in [0.05, 0.1) is 22.5 Å². The van der Waals surface area contributed by atoms with Crippen LogP contribution in [0.2, 0.25) is 0 Å². The maximum atomic E-state index is 10.8. The van der Waals surface area contributed by atoms with E-state index >= 15 is 0 Å². The van der Waals surface area contributed by atoms with Crippen LogP contribution in [0, 0.1) is 0 Å². The zero-order chi connectivity index (χ0) is 11.0. The molecule has 0 fully saturated rings. The first-order valence-electron chi connectivity index (χ1n) is 4.50. The maximum Gasteiger partial charge on any atom is 0.312 e. The Balaban J connectivity index is 2.67. The number of carbonyl (C=O) groups is 1. The second kappa shape index (κ2) is 3.27. The summed E-state index contributed by atoms with van der Waals surface area (Å²) in [5, 5.41) is 25.6. The number of nitrogens with one attached hydrogen (secondary N) is 1. The number of benzene rings is 1. The van der Waals surface area contributed by atoms with E-state index in [1.54, 1.807) is 19.1 Å². The molecule has 2 rings (SSSR count). The van der Waals surface area contributed by atoms with Gasteiger partial charge in [-0.05, 0) is 19.1 Å². The lowest BCUT2D eigenvalue weighted by Gasteiger charge is -2.04. The molecule has 3 N–H and O–H groups in total. The summed E-state index contributed by atoms with van der Waals surface area (Å²) >= 11 is 0. The molecule has 5 heteroatoms. The van der Waals surface area contributed by atoms with Gasteiger partial charge < -0.3 is 10.2 Å². The van der Waals surface area contributed by atoms with Gasteiger partial charge in [-0.15, -0.1) is 0 Å². The highest BCUT2D eigenvalue weighted by atomic mass is 16.4. The normalized spacial score (nSPS) is 12.9. The molecule has 1 unspecified atom stereocenters. The quantitative estimate of drug-likeness (QED) is 0.694. The number of aromatic hydroxyl groups is 1. The Morgan fingerprint density at radius 2 is 2.27 bits per heavy atom. The summed E-state index contributed by atoms with van der Waals surface area (Å²) in [4.78, 5) is 10.8. The number of aromatic amines is 1. The molecule has 5 nitrogen and oxygen atoms in total. The van der Waals surface area contributed by atoms with Crippen LogP contribution >= 0.6 is 0 Å². The Hall–Kier alpha value is -2.04. The second-order valence-electron chi connectivity index (χ2n) is 3.37. The standard InChI is InChI=1S/C10H10N2O3/c1-5(10(14)15)9-8-6(11-12-9)3-2-4-7(8)13/h2-5,13H,1H3,(H,11,12)(H,14,15). The maximum absolute atomic E-state index is 10.8. The highest BCUT2D eigenvalue weighted by molar-refractivity contribution is 5.91. The lowest BCUT2D eigenvalue weighted by atomic mass is 10.0. The van der Waals surface area contributed by atoms with Crippen LogP contribution in [-0.2, 0) is 4.79 Å². The fourth-order valence-corrected chi connectivity index (χ4v) is 1.51. The van der Waals surface area contributed by atoms with Crippen molar-refractivity contribution >= 4 is 16.9 Å². The number of aliphatic carboxylic acids is 1. The summed E-state index contributed by atoms with van der Waals surface area (Å²) < 4.78 is 0. The van der Waals surface area contributed by atoms with Crippen molar-refractivity contribution in [1.29, 1.82) is 0 Å². The van der Waals surface area contributed by atoms with E-state index in [0.717, 1.165) is 0 Å². The van der Waals surface area contributed by atoms with Crippen LogP contribution in [0.4, 0.5) is 0 Å². The number of H-pyrrole nitrogens is 1. The van der Waals surface area contributed by atoms with Crippen LogP contribution < -0.4 is 0 Å². The van der Waals surface area contributed by atoms with Gasteiger partial charge in [-0.25, -0.2) is 0 Å². The van der Waals surface area contributed by atoms with Crippen molar-refractivity contribution in [3.8, 4) is 5.75 Å². The molecule has 0 spiro atoms. The molecule has 0 aliphatic carbocycles. The van der Waals surface area contributed by atoms with E-state index in [9.17, 15) is 9.90 Å². The topological polar surface area (TPSA) is 86.2 Å². The molecule has 1 heterocycles. The van der Waals surface area contributed by atoms with E-state index in [0.29, 0.717) is 16.6 Å². The van der Waals surface area contributed by atoms with Gasteiger partial charge in [0.25, 0.3) is 0 Å². The van der Waals surface area contributed by atoms with Crippen molar-refractivity contribution in [3.63, 3.8) is 0 Å². The van der Waals surface area contributed by atoms with Crippen LogP contribution in [0.1, 0.15) is 18.5 Å². The molecule has 0 bridgehead atoms. The third-order valence-electron chi connectivity index (χ3n) is 2.39. The molecular weight excluding hydrogens is 196 g/mol. The largest absolute Gasteiger partial charge is 0.507 e. The summed E-state index contributed by atoms with van der Waals surface area (Å²) in [7, 11) is 0. The van der Waals surface area contributed by atoms with Crippen molar-refractivity contribution in [2.75, 3.05) is 0 Å². The van der Waals surface area contributed by atoms with E-state index in [1.165, 1.54) is 6.07 Å². The molecule has 0 saturated heterocycles. The SMILES string of the molecule is CC(C(=O)O)c1[nH]nc2cccc(O)c12. The lowest BCUT2D eigenvalue weighted by Crippen LogP contribution is -2.08. The van der Waals surface area contributed by atoms with E-state index in [2.05, 4.69) is 10.2 Å². The molecule has 1 aromatic carbocycles. The molecule has 0 aliphatic rings. The molecule has 0 radical (unpaired) electrons. The van der Waals surface area contributed by atoms with Crippen molar-refractivity contribution in [3.05, 3.63) is 23.9 Å². The van der Waals surface area contributed by atoms with Crippen molar-refractivity contribution in [2.45, 2.75) is 12.8 Å². The minimum atomic E-state index is -0.955. The summed E-state index contributed by atoms with van der Waals surface area (Å²) in [6, 6.07) is 4.88. The van der Waals surface area contributed by atoms with Crippen LogP contribution in [-0.4, -0.2) is 26.4 Å². The zero-order valence-corrected chi connectivity index (χ0v) is 8.06. The fraction of sp³-hybridized carbons (Fsp3) is 0.200. The second-order valence-corrected chi connectivity index (χ2v) is 3.37. The predicted octanol–water partition coefficient (Wildman–Crippen LogP) is 1.46. The Morgan fingerprint density at radius 1 is 1.53 bits per heavy atom. The van der Waals surface area contributed by atoms with Crippen LogP contribution in [0.5, 0.6) is 5.75 Å². The summed E-state index contributed by atoms with van der Waals surface area (Å²) in [5.41, 5.74) is 0.994. The van der Waals surface area contributed by atoms with Gasteiger partial charge in [-0.2, -0.15) is 5.10 Å². The lowest BCUT2D eigenvalue weighted by molar-refractivity contribution is -0.138. The Labute approximate surface area is 85.4 Å². The van der Waals surface area contributed by atoms with Gasteiger partial charge in [-0.1, -0.05) is 6.07 Å². The van der Waals surface area contributed by atoms with Gasteiger partial charge in [-0.3, -0.25) is 9.89 Å². The van der Waals surface area contributed by atoms with E-state index < -0.39 is 11.9 Å². The van der Waals surface area contributed by atoms with Crippen LogP contribution in [0.15, 0.2) is 18.2 Å². The molecule has 1 aromatic heterocycles. The molecular formula is C10H10N2O3. The third-order valence-corrected chi connectivity index (χ3v) is 2.39. The molecule has 0 amide bonds. The van der Waals surface area contributed by atoms with Crippen molar-refractivity contribution < 1.29 is 15.0 Å². The Morgan fingerprint density at radius 3 is 2.93 bits per heavy atom. The molecule has 78 valence electrons. The van der Waals surface area contributed by atoms with Gasteiger partial charge in [0.2, 0.25) is 0 Å². The smallest absolute Gasteiger partial charge is 0.312 e. The van der Waals surface area contributed by atoms with Crippen LogP contribution in [0.25, 0.3) is 10.9 Å². The van der Waals surface area contributed by atoms with Gasteiger partial charge in [0.15, 0.2) is 0 Å². The third kappa shape index (κ3) is 1.41. The van der Waals surface area contributed by atoms with Gasteiger partial charge in [0.1, 0.15) is 5.75 Å². The van der Waals surface area contributed by atoms with Crippen LogP contribution in [0.3, 0.4) is 0 Å². The molecule has 0 aliphatic heterocycles. The number of carboxylic acids is 1. The number of aromatic nitrogens is 2. The highest BCUT2D eigenvalue weighted by Crippen LogP contribution is 2.30. The molecule has 1 atom stereocenters. The summed E-state index contributed by atoms with van der Waals surface area (Å²) in [6.45, 7) is 1.54. The number of hydrogen-bond acceptors (Lipinski definition) is 3. The predicted molar refractivity (Wildman–Crippen MR) is 53.8 cm³/mol. The van der Waals surface area contributed by atoms with Gasteiger partial charge >= 0.3 is 5.97 Å². The minimum absolute atomic E-state index is 0.0457. The number of phenolic OH excluding ortho intramolecular Hbond substituents is 1. The average Bonchev–Trinajstić information content (AvgIpc) is 2.61. The monoisotopic (exact) mass is 206 g/mol. The zero-order valence-electron chi connectivity index (χ0n) is 8.06. The highest BCUT2D eigenvalue weighted by Gasteiger charge is 2.20. The first kappa shape index (κ1) is 9.51. The number of fused-ring (bicyclic) bond motifs is 1.